The summed E-state index contributed by atoms with van der Waals surface area (Å²) >= 11 is 1.33. The molecular weight excluding hydrogens is 192 g/mol. The Bertz CT molecular complexity index is 216. The first-order chi connectivity index (χ1) is 6.15. The van der Waals surface area contributed by atoms with Crippen molar-refractivity contribution >= 4 is 23.7 Å². The molecule has 0 bridgehead atoms. The number of carbonyl (C=O) groups excluding carboxylic acids is 1. The average Bonchev–Trinajstić information content (AvgIpc) is 2.52. The van der Waals surface area contributed by atoms with Crippen LogP contribution in [0.5, 0.6) is 0 Å². The molecule has 2 unspecified atom stereocenters. The van der Waals surface area contributed by atoms with Gasteiger partial charge < -0.3 is 9.84 Å². The van der Waals surface area contributed by atoms with Crippen LogP contribution in [-0.2, 0) is 14.3 Å². The minimum absolute atomic E-state index is 0.299. The van der Waals surface area contributed by atoms with Gasteiger partial charge in [0.15, 0.2) is 0 Å². The van der Waals surface area contributed by atoms with E-state index in [0.717, 1.165) is 5.75 Å². The molecule has 13 heavy (non-hydrogen) atoms. The molecule has 2 atom stereocenters. The summed E-state index contributed by atoms with van der Waals surface area (Å²) in [6, 6.07) is 0. The van der Waals surface area contributed by atoms with Crippen molar-refractivity contribution in [2.75, 3.05) is 5.75 Å². The zero-order valence-corrected chi connectivity index (χ0v) is 8.17. The largest absolute Gasteiger partial charge is 0.480 e. The lowest BCUT2D eigenvalue weighted by atomic mass is 10.2. The Hall–Kier alpha value is -0.710. The minimum atomic E-state index is -0.892. The molecule has 0 aromatic carbocycles. The first kappa shape index (κ1) is 10.4. The Morgan fingerprint density at radius 3 is 2.85 bits per heavy atom. The third kappa shape index (κ3) is 2.62. The van der Waals surface area contributed by atoms with E-state index in [1.165, 1.54) is 11.8 Å². The number of esters is 1. The van der Waals surface area contributed by atoms with Crippen molar-refractivity contribution in [3.63, 3.8) is 0 Å². The van der Waals surface area contributed by atoms with E-state index >= 15 is 0 Å². The van der Waals surface area contributed by atoms with Gasteiger partial charge in [0.25, 0.3) is 0 Å². The van der Waals surface area contributed by atoms with E-state index in [1.807, 2.05) is 0 Å². The van der Waals surface area contributed by atoms with Crippen LogP contribution in [0.4, 0.5) is 0 Å². The molecule has 0 amide bonds. The number of ether oxygens (including phenoxy) is 1. The van der Waals surface area contributed by atoms with Gasteiger partial charge in [-0.15, -0.1) is 11.8 Å². The lowest BCUT2D eigenvalue weighted by Gasteiger charge is -2.14. The normalized spacial score (nSPS) is 27.2. The highest BCUT2D eigenvalue weighted by Gasteiger charge is 2.36. The van der Waals surface area contributed by atoms with Crippen molar-refractivity contribution in [3.8, 4) is 0 Å². The number of carboxylic acid groups (broad SMARTS) is 1. The minimum Gasteiger partial charge on any atom is -0.480 e. The predicted octanol–water partition coefficient (Wildman–Crippen LogP) is 0.898. The molecule has 1 heterocycles. The monoisotopic (exact) mass is 204 g/mol. The standard InChI is InChI=1S/C8H12O4S/c1-2-6(9)12-5-3-4-13-7(5)8(10)11/h5,7H,2-4H2,1H3,(H,10,11). The maximum absolute atomic E-state index is 10.9. The van der Waals surface area contributed by atoms with Crippen molar-refractivity contribution in [2.45, 2.75) is 31.1 Å². The number of carbonyl (C=O) groups is 2. The summed E-state index contributed by atoms with van der Waals surface area (Å²) in [7, 11) is 0. The van der Waals surface area contributed by atoms with Crippen LogP contribution in [0, 0.1) is 0 Å². The average molecular weight is 204 g/mol. The molecule has 1 rings (SSSR count). The van der Waals surface area contributed by atoms with Crippen molar-refractivity contribution in [2.24, 2.45) is 0 Å². The van der Waals surface area contributed by atoms with Crippen LogP contribution in [0.2, 0.25) is 0 Å². The molecule has 0 saturated carbocycles. The number of carboxylic acids is 1. The fourth-order valence-electron chi connectivity index (χ4n) is 1.17. The number of rotatable bonds is 3. The van der Waals surface area contributed by atoms with E-state index < -0.39 is 17.3 Å². The molecule has 0 aliphatic carbocycles. The SMILES string of the molecule is CCC(=O)OC1CCSC1C(=O)O. The summed E-state index contributed by atoms with van der Waals surface area (Å²) < 4.78 is 4.99. The van der Waals surface area contributed by atoms with Crippen molar-refractivity contribution in [1.82, 2.24) is 0 Å². The van der Waals surface area contributed by atoms with E-state index in [1.54, 1.807) is 6.92 Å². The summed E-state index contributed by atoms with van der Waals surface area (Å²) in [5.74, 6) is -0.464. The van der Waals surface area contributed by atoms with Gasteiger partial charge in [0.1, 0.15) is 11.4 Å². The Balaban J connectivity index is 2.48. The maximum atomic E-state index is 10.9. The molecule has 0 aromatic heterocycles. The Morgan fingerprint density at radius 2 is 2.31 bits per heavy atom. The molecule has 1 saturated heterocycles. The van der Waals surface area contributed by atoms with Crippen LogP contribution >= 0.6 is 11.8 Å². The highest BCUT2D eigenvalue weighted by molar-refractivity contribution is 8.00. The second-order valence-corrected chi connectivity index (χ2v) is 4.05. The van der Waals surface area contributed by atoms with Gasteiger partial charge in [-0.05, 0) is 12.2 Å². The second kappa shape index (κ2) is 4.50. The summed E-state index contributed by atoms with van der Waals surface area (Å²) in [5, 5.41) is 8.18. The van der Waals surface area contributed by atoms with Crippen LogP contribution in [0.25, 0.3) is 0 Å². The van der Waals surface area contributed by atoms with Crippen molar-refractivity contribution < 1.29 is 19.4 Å². The smallest absolute Gasteiger partial charge is 0.320 e. The molecular formula is C8H12O4S. The highest BCUT2D eigenvalue weighted by Crippen LogP contribution is 2.29. The molecule has 0 radical (unpaired) electrons. The molecule has 4 nitrogen and oxygen atoms in total. The Morgan fingerprint density at radius 1 is 1.62 bits per heavy atom. The molecule has 0 aromatic rings. The van der Waals surface area contributed by atoms with E-state index in [0.29, 0.717) is 12.8 Å². The van der Waals surface area contributed by atoms with Crippen LogP contribution in [0.3, 0.4) is 0 Å². The molecule has 0 spiro atoms. The molecule has 1 fully saturated rings. The number of hydrogen-bond donors (Lipinski definition) is 1. The zero-order valence-electron chi connectivity index (χ0n) is 7.36. The van der Waals surface area contributed by atoms with Gasteiger partial charge in [0, 0.05) is 6.42 Å². The summed E-state index contributed by atoms with van der Waals surface area (Å²) in [6.45, 7) is 1.69. The van der Waals surface area contributed by atoms with Gasteiger partial charge in [-0.25, -0.2) is 0 Å². The third-order valence-corrected chi connectivity index (χ3v) is 3.19. The summed E-state index contributed by atoms with van der Waals surface area (Å²) in [5.41, 5.74) is 0. The summed E-state index contributed by atoms with van der Waals surface area (Å²) in [4.78, 5) is 21.6. The summed E-state index contributed by atoms with van der Waals surface area (Å²) in [6.07, 6.45) is 0.510. The van der Waals surface area contributed by atoms with Crippen molar-refractivity contribution in [1.29, 1.82) is 0 Å². The molecule has 1 aliphatic rings. The fraction of sp³-hybridized carbons (Fsp3) is 0.750. The highest BCUT2D eigenvalue weighted by atomic mass is 32.2. The molecule has 5 heteroatoms. The molecule has 1 aliphatic heterocycles. The van der Waals surface area contributed by atoms with Crippen LogP contribution in [-0.4, -0.2) is 34.2 Å². The second-order valence-electron chi connectivity index (χ2n) is 2.80. The molecule has 74 valence electrons. The molecule has 1 N–H and O–H groups in total. The third-order valence-electron chi connectivity index (χ3n) is 1.85. The van der Waals surface area contributed by atoms with E-state index in [4.69, 9.17) is 9.84 Å². The van der Waals surface area contributed by atoms with Crippen LogP contribution in [0.1, 0.15) is 19.8 Å². The Labute approximate surface area is 80.6 Å². The lowest BCUT2D eigenvalue weighted by Crippen LogP contribution is -2.30. The number of aliphatic carboxylic acids is 1. The van der Waals surface area contributed by atoms with E-state index in [9.17, 15) is 9.59 Å². The first-order valence-electron chi connectivity index (χ1n) is 4.19. The van der Waals surface area contributed by atoms with Gasteiger partial charge in [0.05, 0.1) is 0 Å². The number of thioether (sulfide) groups is 1. The Kier molecular flexibility index (Phi) is 3.59. The maximum Gasteiger partial charge on any atom is 0.320 e. The van der Waals surface area contributed by atoms with Gasteiger partial charge >= 0.3 is 11.9 Å². The first-order valence-corrected chi connectivity index (χ1v) is 5.24. The van der Waals surface area contributed by atoms with Gasteiger partial charge in [-0.2, -0.15) is 0 Å². The predicted molar refractivity (Wildman–Crippen MR) is 48.7 cm³/mol. The van der Waals surface area contributed by atoms with Gasteiger partial charge in [-0.3, -0.25) is 9.59 Å². The van der Waals surface area contributed by atoms with Gasteiger partial charge in [0.2, 0.25) is 0 Å². The quantitative estimate of drug-likeness (QED) is 0.692. The van der Waals surface area contributed by atoms with Crippen LogP contribution in [0.15, 0.2) is 0 Å². The van der Waals surface area contributed by atoms with Crippen LogP contribution < -0.4 is 0 Å². The van der Waals surface area contributed by atoms with E-state index in [2.05, 4.69) is 0 Å². The fourth-order valence-corrected chi connectivity index (χ4v) is 2.34. The number of hydrogen-bond acceptors (Lipinski definition) is 4. The topological polar surface area (TPSA) is 63.6 Å². The van der Waals surface area contributed by atoms with Gasteiger partial charge in [-0.1, -0.05) is 6.92 Å². The van der Waals surface area contributed by atoms with E-state index in [-0.39, 0.29) is 5.97 Å². The van der Waals surface area contributed by atoms with Crippen molar-refractivity contribution in [3.05, 3.63) is 0 Å². The lowest BCUT2D eigenvalue weighted by molar-refractivity contribution is -0.151. The zero-order chi connectivity index (χ0) is 9.84.